The molecular weight excluding hydrogens is 338 g/mol. The van der Waals surface area contributed by atoms with Gasteiger partial charge < -0.3 is 15.5 Å². The largest absolute Gasteiger partial charge is 0.355 e. The van der Waals surface area contributed by atoms with Crippen molar-refractivity contribution in [3.05, 3.63) is 42.2 Å². The molecule has 144 valence electrons. The van der Waals surface area contributed by atoms with E-state index < -0.39 is 0 Å². The Bertz CT molecular complexity index is 819. The number of nitrogens with zero attached hydrogens (tertiary/aromatic N) is 3. The molecule has 6 nitrogen and oxygen atoms in total. The molecule has 1 amide bonds. The number of pyridine rings is 1. The average Bonchev–Trinajstić information content (AvgIpc) is 3.17. The molecule has 6 heteroatoms. The molecular formula is C21H29N5O. The van der Waals surface area contributed by atoms with Crippen molar-refractivity contribution < 1.29 is 4.79 Å². The zero-order chi connectivity index (χ0) is 19.3. The Labute approximate surface area is 161 Å². The number of hydrogen-bond donors (Lipinski definition) is 2. The molecule has 0 bridgehead atoms. The number of hydrogen-bond acceptors (Lipinski definition) is 3. The van der Waals surface area contributed by atoms with Gasteiger partial charge in [-0.15, -0.1) is 0 Å². The van der Waals surface area contributed by atoms with E-state index in [-0.39, 0.29) is 11.3 Å². The summed E-state index contributed by atoms with van der Waals surface area (Å²) in [6, 6.07) is 10.2. The number of rotatable bonds is 5. The van der Waals surface area contributed by atoms with Crippen molar-refractivity contribution in [2.45, 2.75) is 32.2 Å². The third-order valence-corrected chi connectivity index (χ3v) is 5.42. The standard InChI is InChI=1S/C21H29N5O/c1-22-20(25-15-21(11-6-7-12-21)19(27)26(2)3)24-14-18-17-9-5-4-8-16(17)10-13-23-18/h4-5,8-10,13H,6-7,11-12,14-15H2,1-3H3,(H2,22,24,25). The molecule has 1 saturated carbocycles. The second-order valence-electron chi connectivity index (χ2n) is 7.45. The first kappa shape index (κ1) is 19.1. The van der Waals surface area contributed by atoms with E-state index in [0.717, 1.165) is 36.8 Å². The van der Waals surface area contributed by atoms with E-state index in [9.17, 15) is 4.79 Å². The maximum absolute atomic E-state index is 12.7. The Morgan fingerprint density at radius 1 is 1.19 bits per heavy atom. The van der Waals surface area contributed by atoms with Crippen LogP contribution in [0.15, 0.2) is 41.5 Å². The quantitative estimate of drug-likeness (QED) is 0.629. The second-order valence-corrected chi connectivity index (χ2v) is 7.45. The summed E-state index contributed by atoms with van der Waals surface area (Å²) in [5.74, 6) is 0.904. The van der Waals surface area contributed by atoms with Gasteiger partial charge in [0, 0.05) is 39.3 Å². The molecule has 0 unspecified atom stereocenters. The summed E-state index contributed by atoms with van der Waals surface area (Å²) in [5.41, 5.74) is 0.662. The molecule has 2 aromatic rings. The molecule has 0 atom stereocenters. The fraction of sp³-hybridized carbons (Fsp3) is 0.476. The molecule has 1 aliphatic carbocycles. The highest BCUT2D eigenvalue weighted by molar-refractivity contribution is 5.86. The summed E-state index contributed by atoms with van der Waals surface area (Å²) in [6.45, 7) is 1.18. The van der Waals surface area contributed by atoms with E-state index >= 15 is 0 Å². The minimum Gasteiger partial charge on any atom is -0.355 e. The molecule has 0 spiro atoms. The first-order chi connectivity index (χ1) is 13.1. The van der Waals surface area contributed by atoms with Crippen LogP contribution in [0.2, 0.25) is 0 Å². The summed E-state index contributed by atoms with van der Waals surface area (Å²) in [7, 11) is 5.42. The highest BCUT2D eigenvalue weighted by Gasteiger charge is 2.42. The Kier molecular flexibility index (Phi) is 5.94. The molecule has 2 N–H and O–H groups in total. The Morgan fingerprint density at radius 2 is 1.93 bits per heavy atom. The number of fused-ring (bicyclic) bond motifs is 1. The lowest BCUT2D eigenvalue weighted by Gasteiger charge is -2.31. The maximum Gasteiger partial charge on any atom is 0.230 e. The average molecular weight is 367 g/mol. The van der Waals surface area contributed by atoms with Crippen LogP contribution in [0.4, 0.5) is 0 Å². The van der Waals surface area contributed by atoms with Gasteiger partial charge in [-0.05, 0) is 24.3 Å². The van der Waals surface area contributed by atoms with E-state index in [4.69, 9.17) is 0 Å². The van der Waals surface area contributed by atoms with Crippen LogP contribution in [0.5, 0.6) is 0 Å². The summed E-state index contributed by atoms with van der Waals surface area (Å²) in [5, 5.41) is 9.02. The third-order valence-electron chi connectivity index (χ3n) is 5.42. The third kappa shape index (κ3) is 4.21. The van der Waals surface area contributed by atoms with Gasteiger partial charge in [0.25, 0.3) is 0 Å². The van der Waals surface area contributed by atoms with Gasteiger partial charge in [-0.25, -0.2) is 0 Å². The van der Waals surface area contributed by atoms with Crippen LogP contribution in [-0.4, -0.2) is 49.4 Å². The van der Waals surface area contributed by atoms with E-state index in [0.29, 0.717) is 19.0 Å². The van der Waals surface area contributed by atoms with Crippen LogP contribution in [0, 0.1) is 5.41 Å². The summed E-state index contributed by atoms with van der Waals surface area (Å²) in [4.78, 5) is 23.3. The Morgan fingerprint density at radius 3 is 2.63 bits per heavy atom. The fourth-order valence-corrected chi connectivity index (χ4v) is 3.96. The van der Waals surface area contributed by atoms with Crippen molar-refractivity contribution in [3.63, 3.8) is 0 Å². The van der Waals surface area contributed by atoms with Crippen LogP contribution < -0.4 is 10.6 Å². The summed E-state index contributed by atoms with van der Waals surface area (Å²) < 4.78 is 0. The van der Waals surface area contributed by atoms with Gasteiger partial charge in [0.15, 0.2) is 5.96 Å². The number of amides is 1. The lowest BCUT2D eigenvalue weighted by atomic mass is 9.84. The molecule has 27 heavy (non-hydrogen) atoms. The molecule has 1 aliphatic rings. The highest BCUT2D eigenvalue weighted by atomic mass is 16.2. The van der Waals surface area contributed by atoms with Crippen molar-refractivity contribution >= 4 is 22.6 Å². The van der Waals surface area contributed by atoms with Crippen molar-refractivity contribution in [2.75, 3.05) is 27.7 Å². The first-order valence-corrected chi connectivity index (χ1v) is 9.55. The van der Waals surface area contributed by atoms with Gasteiger partial charge in [-0.3, -0.25) is 14.8 Å². The van der Waals surface area contributed by atoms with Gasteiger partial charge in [0.2, 0.25) is 5.91 Å². The first-order valence-electron chi connectivity index (χ1n) is 9.55. The topological polar surface area (TPSA) is 69.6 Å². The van der Waals surface area contributed by atoms with E-state index in [1.807, 2.05) is 38.5 Å². The number of carbonyl (C=O) groups is 1. The number of aromatic nitrogens is 1. The number of benzene rings is 1. The molecule has 3 rings (SSSR count). The zero-order valence-corrected chi connectivity index (χ0v) is 16.5. The van der Waals surface area contributed by atoms with E-state index in [1.165, 1.54) is 5.39 Å². The van der Waals surface area contributed by atoms with Crippen LogP contribution in [0.25, 0.3) is 10.8 Å². The van der Waals surface area contributed by atoms with Crippen LogP contribution in [0.3, 0.4) is 0 Å². The van der Waals surface area contributed by atoms with Crippen molar-refractivity contribution in [2.24, 2.45) is 10.4 Å². The minimum atomic E-state index is -0.321. The molecule has 1 heterocycles. The Hall–Kier alpha value is -2.63. The monoisotopic (exact) mass is 367 g/mol. The molecule has 0 radical (unpaired) electrons. The maximum atomic E-state index is 12.7. The smallest absolute Gasteiger partial charge is 0.230 e. The molecule has 0 aliphatic heterocycles. The number of carbonyl (C=O) groups excluding carboxylic acids is 1. The fourth-order valence-electron chi connectivity index (χ4n) is 3.96. The zero-order valence-electron chi connectivity index (χ0n) is 16.5. The minimum absolute atomic E-state index is 0.207. The SMILES string of the molecule is CN=C(NCc1nccc2ccccc12)NCC1(C(=O)N(C)C)CCCC1. The lowest BCUT2D eigenvalue weighted by Crippen LogP contribution is -2.49. The normalized spacial score (nSPS) is 16.3. The Balaban J connectivity index is 1.65. The molecule has 1 aromatic carbocycles. The highest BCUT2D eigenvalue weighted by Crippen LogP contribution is 2.38. The molecule has 1 fully saturated rings. The van der Waals surface area contributed by atoms with E-state index in [1.54, 1.807) is 11.9 Å². The van der Waals surface area contributed by atoms with Gasteiger partial charge in [-0.1, -0.05) is 37.1 Å². The van der Waals surface area contributed by atoms with Crippen molar-refractivity contribution in [1.29, 1.82) is 0 Å². The number of aliphatic imine (C=N–C) groups is 1. The second kappa shape index (κ2) is 8.37. The van der Waals surface area contributed by atoms with Gasteiger partial charge >= 0.3 is 0 Å². The van der Waals surface area contributed by atoms with Gasteiger partial charge in [-0.2, -0.15) is 0 Å². The summed E-state index contributed by atoms with van der Waals surface area (Å²) in [6.07, 6.45) is 5.90. The predicted molar refractivity (Wildman–Crippen MR) is 110 cm³/mol. The van der Waals surface area contributed by atoms with Crippen LogP contribution >= 0.6 is 0 Å². The van der Waals surface area contributed by atoms with Crippen LogP contribution in [0.1, 0.15) is 31.4 Å². The lowest BCUT2D eigenvalue weighted by molar-refractivity contribution is -0.138. The summed E-state index contributed by atoms with van der Waals surface area (Å²) >= 11 is 0. The number of nitrogens with one attached hydrogen (secondary N) is 2. The van der Waals surface area contributed by atoms with Gasteiger partial charge in [0.1, 0.15) is 0 Å². The van der Waals surface area contributed by atoms with Gasteiger partial charge in [0.05, 0.1) is 17.7 Å². The van der Waals surface area contributed by atoms with Crippen molar-refractivity contribution in [3.8, 4) is 0 Å². The van der Waals surface area contributed by atoms with E-state index in [2.05, 4.69) is 32.7 Å². The van der Waals surface area contributed by atoms with Crippen LogP contribution in [-0.2, 0) is 11.3 Å². The molecule has 0 saturated heterocycles. The number of guanidine groups is 1. The molecule has 1 aromatic heterocycles. The van der Waals surface area contributed by atoms with Crippen molar-refractivity contribution in [1.82, 2.24) is 20.5 Å². The predicted octanol–water partition coefficient (Wildman–Crippen LogP) is 2.55.